The molecule has 0 saturated carbocycles. The van der Waals surface area contributed by atoms with Gasteiger partial charge in [-0.05, 0) is 35.9 Å². The van der Waals surface area contributed by atoms with E-state index in [1.54, 1.807) is 18.2 Å². The van der Waals surface area contributed by atoms with Gasteiger partial charge in [-0.15, -0.1) is 0 Å². The molecular weight excluding hydrogens is 342 g/mol. The molecule has 5 N–H and O–H groups in total. The average Bonchev–Trinajstić information content (AvgIpc) is 2.52. The highest BCUT2D eigenvalue weighted by Crippen LogP contribution is 2.24. The highest BCUT2D eigenvalue weighted by molar-refractivity contribution is 6.45. The third-order valence-corrected chi connectivity index (χ3v) is 3.68. The molecule has 0 unspecified atom stereocenters. The Hall–Kier alpha value is -2.15. The molecule has 0 spiro atoms. The molecule has 23 heavy (non-hydrogen) atoms. The Morgan fingerprint density at radius 3 is 2.61 bits per heavy atom. The van der Waals surface area contributed by atoms with E-state index in [0.717, 1.165) is 0 Å². The molecule has 2 aromatic carbocycles. The van der Waals surface area contributed by atoms with E-state index in [4.69, 9.17) is 34.5 Å². The van der Waals surface area contributed by atoms with Crippen molar-refractivity contribution in [3.63, 3.8) is 0 Å². The van der Waals surface area contributed by atoms with E-state index in [0.29, 0.717) is 21.8 Å². The van der Waals surface area contributed by atoms with Gasteiger partial charge in [-0.1, -0.05) is 29.3 Å². The van der Waals surface area contributed by atoms with Crippen LogP contribution in [0.3, 0.4) is 0 Å². The van der Waals surface area contributed by atoms with Crippen LogP contribution in [0.2, 0.25) is 10.0 Å². The fourth-order valence-electron chi connectivity index (χ4n) is 1.93. The van der Waals surface area contributed by atoms with Gasteiger partial charge in [-0.2, -0.15) is 0 Å². The van der Waals surface area contributed by atoms with Crippen molar-refractivity contribution in [1.82, 2.24) is 5.43 Å². The van der Waals surface area contributed by atoms with E-state index in [1.807, 2.05) is 5.43 Å². The Kier molecular flexibility index (Phi) is 5.54. The molecule has 8 heteroatoms. The van der Waals surface area contributed by atoms with Gasteiger partial charge in [0.1, 0.15) is 11.5 Å². The fourth-order valence-corrected chi connectivity index (χ4v) is 2.34. The van der Waals surface area contributed by atoms with E-state index in [9.17, 15) is 9.18 Å². The summed E-state index contributed by atoms with van der Waals surface area (Å²) in [6.45, 7) is 0.268. The quantitative estimate of drug-likeness (QED) is 0.288. The van der Waals surface area contributed by atoms with Crippen molar-refractivity contribution >= 4 is 40.5 Å². The fraction of sp³-hybridized carbons (Fsp3) is 0.0667. The summed E-state index contributed by atoms with van der Waals surface area (Å²) in [6.07, 6.45) is 0. The average molecular weight is 355 g/mol. The van der Waals surface area contributed by atoms with Gasteiger partial charge in [0.25, 0.3) is 5.91 Å². The first-order valence-corrected chi connectivity index (χ1v) is 7.25. The molecule has 0 aliphatic heterocycles. The maximum absolute atomic E-state index is 13.1. The lowest BCUT2D eigenvalue weighted by molar-refractivity contribution is -0.114. The summed E-state index contributed by atoms with van der Waals surface area (Å²) >= 11 is 11.9. The Morgan fingerprint density at radius 2 is 1.96 bits per heavy atom. The van der Waals surface area contributed by atoms with Gasteiger partial charge in [0.2, 0.25) is 0 Å². The van der Waals surface area contributed by atoms with E-state index in [2.05, 4.69) is 5.32 Å². The standard InChI is InChI=1S/C15H13Cl2FN4O/c16-9-2-4-11(14(19)15(23)22-20)13(5-9)21-7-8-1-3-10(18)6-12(8)17/h1-6,19,21H,7,20H2,(H,22,23). The molecule has 5 nitrogen and oxygen atoms in total. The third-order valence-electron chi connectivity index (χ3n) is 3.09. The molecule has 1 amide bonds. The van der Waals surface area contributed by atoms with E-state index >= 15 is 0 Å². The molecule has 0 bridgehead atoms. The van der Waals surface area contributed by atoms with E-state index < -0.39 is 11.7 Å². The predicted molar refractivity (Wildman–Crippen MR) is 89.3 cm³/mol. The Labute approximate surface area is 142 Å². The number of hydrogen-bond acceptors (Lipinski definition) is 4. The SMILES string of the molecule is N=C(C(=O)NN)c1ccc(Cl)cc1NCc1ccc(F)cc1Cl. The second-order valence-corrected chi connectivity index (χ2v) is 5.47. The van der Waals surface area contributed by atoms with Crippen LogP contribution < -0.4 is 16.6 Å². The van der Waals surface area contributed by atoms with E-state index in [-0.39, 0.29) is 17.3 Å². The number of halogens is 3. The van der Waals surface area contributed by atoms with Gasteiger partial charge in [0, 0.05) is 27.8 Å². The van der Waals surface area contributed by atoms with Crippen molar-refractivity contribution < 1.29 is 9.18 Å². The van der Waals surface area contributed by atoms with Gasteiger partial charge >= 0.3 is 0 Å². The Balaban J connectivity index is 2.26. The topological polar surface area (TPSA) is 91.0 Å². The van der Waals surface area contributed by atoms with Crippen molar-refractivity contribution in [3.05, 3.63) is 63.4 Å². The normalized spacial score (nSPS) is 10.3. The first-order chi connectivity index (χ1) is 10.9. The van der Waals surface area contributed by atoms with Crippen LogP contribution in [0.1, 0.15) is 11.1 Å². The molecule has 0 aromatic heterocycles. The van der Waals surface area contributed by atoms with Crippen LogP contribution in [0.4, 0.5) is 10.1 Å². The smallest absolute Gasteiger partial charge is 0.283 e. The lowest BCUT2D eigenvalue weighted by Crippen LogP contribution is -2.36. The first-order valence-electron chi connectivity index (χ1n) is 6.49. The predicted octanol–water partition coefficient (Wildman–Crippen LogP) is 3.10. The van der Waals surface area contributed by atoms with Gasteiger partial charge in [0.15, 0.2) is 0 Å². The number of carbonyl (C=O) groups excluding carboxylic acids is 1. The maximum Gasteiger partial charge on any atom is 0.283 e. The van der Waals surface area contributed by atoms with Crippen LogP contribution in [0.5, 0.6) is 0 Å². The number of rotatable bonds is 5. The summed E-state index contributed by atoms with van der Waals surface area (Å²) in [5, 5.41) is 11.6. The minimum atomic E-state index is -0.727. The lowest BCUT2D eigenvalue weighted by atomic mass is 10.1. The van der Waals surface area contributed by atoms with Crippen LogP contribution in [0.15, 0.2) is 36.4 Å². The van der Waals surface area contributed by atoms with Gasteiger partial charge < -0.3 is 5.32 Å². The molecule has 2 aromatic rings. The van der Waals surface area contributed by atoms with Crippen LogP contribution in [-0.2, 0) is 11.3 Å². The summed E-state index contributed by atoms with van der Waals surface area (Å²) in [6, 6.07) is 8.73. The lowest BCUT2D eigenvalue weighted by Gasteiger charge is -2.13. The van der Waals surface area contributed by atoms with Gasteiger partial charge in [-0.25, -0.2) is 10.2 Å². The maximum atomic E-state index is 13.1. The van der Waals surface area contributed by atoms with E-state index in [1.165, 1.54) is 18.2 Å². The van der Waals surface area contributed by atoms with Crippen LogP contribution in [0, 0.1) is 11.2 Å². The summed E-state index contributed by atoms with van der Waals surface area (Å²) in [5.41, 5.74) is 3.05. The summed E-state index contributed by atoms with van der Waals surface area (Å²) in [4.78, 5) is 11.5. The first kappa shape index (κ1) is 17.2. The molecule has 2 rings (SSSR count). The zero-order chi connectivity index (χ0) is 17.0. The number of anilines is 1. The molecule has 0 heterocycles. The molecule has 0 radical (unpaired) electrons. The molecule has 0 aliphatic carbocycles. The highest BCUT2D eigenvalue weighted by atomic mass is 35.5. The molecule has 0 fully saturated rings. The van der Waals surface area contributed by atoms with Crippen LogP contribution in [-0.4, -0.2) is 11.6 Å². The zero-order valence-corrected chi connectivity index (χ0v) is 13.3. The molecule has 0 saturated heterocycles. The van der Waals surface area contributed by atoms with Crippen molar-refractivity contribution in [2.75, 3.05) is 5.32 Å². The number of hydrogen-bond donors (Lipinski definition) is 4. The molecular formula is C15H13Cl2FN4O. The Bertz CT molecular complexity index is 767. The number of carbonyl (C=O) groups is 1. The summed E-state index contributed by atoms with van der Waals surface area (Å²) < 4.78 is 13.1. The minimum Gasteiger partial charge on any atom is -0.380 e. The number of amides is 1. The van der Waals surface area contributed by atoms with Crippen molar-refractivity contribution in [2.45, 2.75) is 6.54 Å². The molecule has 0 atom stereocenters. The second kappa shape index (κ2) is 7.41. The molecule has 0 aliphatic rings. The van der Waals surface area contributed by atoms with Crippen LogP contribution >= 0.6 is 23.2 Å². The number of nitrogens with two attached hydrogens (primary N) is 1. The summed E-state index contributed by atoms with van der Waals surface area (Å²) in [7, 11) is 0. The molecule has 120 valence electrons. The number of hydrazine groups is 1. The largest absolute Gasteiger partial charge is 0.380 e. The van der Waals surface area contributed by atoms with Crippen molar-refractivity contribution in [1.29, 1.82) is 5.41 Å². The van der Waals surface area contributed by atoms with Crippen molar-refractivity contribution in [2.24, 2.45) is 5.84 Å². The van der Waals surface area contributed by atoms with Gasteiger partial charge in [-0.3, -0.25) is 15.6 Å². The Morgan fingerprint density at radius 1 is 1.22 bits per heavy atom. The number of nitrogens with one attached hydrogen (secondary N) is 3. The third kappa shape index (κ3) is 4.19. The summed E-state index contributed by atoms with van der Waals surface area (Å²) in [5.74, 6) is 3.90. The van der Waals surface area contributed by atoms with Crippen LogP contribution in [0.25, 0.3) is 0 Å². The minimum absolute atomic E-state index is 0.268. The van der Waals surface area contributed by atoms with Crippen molar-refractivity contribution in [3.8, 4) is 0 Å². The second-order valence-electron chi connectivity index (χ2n) is 4.63. The van der Waals surface area contributed by atoms with Gasteiger partial charge in [0.05, 0.1) is 0 Å². The number of benzene rings is 2. The monoisotopic (exact) mass is 354 g/mol. The zero-order valence-electron chi connectivity index (χ0n) is 11.8. The highest BCUT2D eigenvalue weighted by Gasteiger charge is 2.15.